The third kappa shape index (κ3) is 1.84. The molecule has 88 valence electrons. The fraction of sp³-hybridized carbons (Fsp3) is 0.182. The van der Waals surface area contributed by atoms with Crippen molar-refractivity contribution in [1.29, 1.82) is 0 Å². The van der Waals surface area contributed by atoms with E-state index in [0.717, 1.165) is 0 Å². The van der Waals surface area contributed by atoms with Crippen molar-refractivity contribution in [3.05, 3.63) is 30.3 Å². The van der Waals surface area contributed by atoms with Crippen molar-refractivity contribution in [1.82, 2.24) is 0 Å². The molecule has 2 rings (SSSR count). The zero-order valence-electron chi connectivity index (χ0n) is 8.78. The topological polar surface area (TPSA) is 90.2 Å². The van der Waals surface area contributed by atoms with Gasteiger partial charge in [0.15, 0.2) is 5.71 Å². The Morgan fingerprint density at radius 2 is 2.00 bits per heavy atom. The summed E-state index contributed by atoms with van der Waals surface area (Å²) in [7, 11) is 0. The number of amides is 1. The number of carbonyl (C=O) groups excluding carboxylic acids is 1. The lowest BCUT2D eigenvalue weighted by Gasteiger charge is -2.14. The molecule has 1 saturated heterocycles. The summed E-state index contributed by atoms with van der Waals surface area (Å²) in [6, 6.07) is 8.66. The van der Waals surface area contributed by atoms with Gasteiger partial charge in [0.25, 0.3) is 5.91 Å². The van der Waals surface area contributed by atoms with Crippen molar-refractivity contribution in [3.8, 4) is 0 Å². The maximum atomic E-state index is 11.8. The SMILES string of the molecule is O=C(O)C1CN(c2ccccc2)C(=O)C1=NO. The number of hydrogen-bond acceptors (Lipinski definition) is 4. The van der Waals surface area contributed by atoms with Crippen molar-refractivity contribution in [3.63, 3.8) is 0 Å². The van der Waals surface area contributed by atoms with Crippen LogP contribution in [0.1, 0.15) is 0 Å². The van der Waals surface area contributed by atoms with Gasteiger partial charge in [-0.15, -0.1) is 0 Å². The maximum absolute atomic E-state index is 11.8. The van der Waals surface area contributed by atoms with E-state index in [0.29, 0.717) is 5.69 Å². The van der Waals surface area contributed by atoms with Crippen LogP contribution in [0.5, 0.6) is 0 Å². The van der Waals surface area contributed by atoms with Crippen LogP contribution >= 0.6 is 0 Å². The van der Waals surface area contributed by atoms with Gasteiger partial charge in [0.05, 0.1) is 0 Å². The number of para-hydroxylation sites is 1. The number of anilines is 1. The minimum absolute atomic E-state index is 0.0163. The van der Waals surface area contributed by atoms with Gasteiger partial charge in [-0.25, -0.2) is 0 Å². The number of oxime groups is 1. The molecule has 0 radical (unpaired) electrons. The Kier molecular flexibility index (Phi) is 2.78. The first kappa shape index (κ1) is 11.1. The molecular weight excluding hydrogens is 224 g/mol. The molecule has 1 fully saturated rings. The predicted molar refractivity (Wildman–Crippen MR) is 59.1 cm³/mol. The number of nitrogens with zero attached hydrogens (tertiary/aromatic N) is 2. The summed E-state index contributed by atoms with van der Waals surface area (Å²) >= 11 is 0. The lowest BCUT2D eigenvalue weighted by Crippen LogP contribution is -2.26. The molecule has 6 heteroatoms. The molecule has 0 spiro atoms. The highest BCUT2D eigenvalue weighted by atomic mass is 16.4. The summed E-state index contributed by atoms with van der Waals surface area (Å²) in [6.45, 7) is -0.0163. The van der Waals surface area contributed by atoms with Gasteiger partial charge in [0.2, 0.25) is 0 Å². The van der Waals surface area contributed by atoms with Gasteiger partial charge >= 0.3 is 5.97 Å². The maximum Gasteiger partial charge on any atom is 0.314 e. The summed E-state index contributed by atoms with van der Waals surface area (Å²) in [5, 5.41) is 20.4. The summed E-state index contributed by atoms with van der Waals surface area (Å²) in [5.74, 6) is -2.84. The fourth-order valence-corrected chi connectivity index (χ4v) is 1.78. The van der Waals surface area contributed by atoms with E-state index in [1.165, 1.54) is 4.90 Å². The van der Waals surface area contributed by atoms with E-state index in [1.54, 1.807) is 30.3 Å². The van der Waals surface area contributed by atoms with Crippen LogP contribution in [0, 0.1) is 5.92 Å². The average molecular weight is 234 g/mol. The Morgan fingerprint density at radius 3 is 2.47 bits per heavy atom. The Bertz CT molecular complexity index is 484. The van der Waals surface area contributed by atoms with E-state index in [-0.39, 0.29) is 12.3 Å². The second kappa shape index (κ2) is 4.25. The molecule has 0 aliphatic carbocycles. The van der Waals surface area contributed by atoms with Gasteiger partial charge in [-0.1, -0.05) is 23.4 Å². The van der Waals surface area contributed by atoms with Gasteiger partial charge in [-0.2, -0.15) is 0 Å². The number of hydrogen-bond donors (Lipinski definition) is 2. The molecule has 1 heterocycles. The number of carbonyl (C=O) groups is 2. The lowest BCUT2D eigenvalue weighted by atomic mass is 10.1. The second-order valence-corrected chi connectivity index (χ2v) is 3.63. The molecule has 6 nitrogen and oxygen atoms in total. The Morgan fingerprint density at radius 1 is 1.35 bits per heavy atom. The van der Waals surface area contributed by atoms with Crippen LogP contribution < -0.4 is 4.90 Å². The van der Waals surface area contributed by atoms with Crippen molar-refractivity contribution in [2.75, 3.05) is 11.4 Å². The molecule has 0 saturated carbocycles. The molecule has 1 unspecified atom stereocenters. The molecule has 2 N–H and O–H groups in total. The number of carboxylic acid groups (broad SMARTS) is 1. The van der Waals surface area contributed by atoms with Crippen molar-refractivity contribution in [2.24, 2.45) is 11.1 Å². The van der Waals surface area contributed by atoms with Crippen LogP contribution in [0.3, 0.4) is 0 Å². The molecule has 17 heavy (non-hydrogen) atoms. The molecule has 0 bridgehead atoms. The first-order chi connectivity index (χ1) is 8.15. The first-order valence-corrected chi connectivity index (χ1v) is 4.97. The third-order valence-corrected chi connectivity index (χ3v) is 2.63. The first-order valence-electron chi connectivity index (χ1n) is 4.97. The summed E-state index contributed by atoms with van der Waals surface area (Å²) < 4.78 is 0. The largest absolute Gasteiger partial charge is 0.481 e. The minimum Gasteiger partial charge on any atom is -0.481 e. The molecule has 1 aromatic carbocycles. The van der Waals surface area contributed by atoms with E-state index in [1.807, 2.05) is 0 Å². The van der Waals surface area contributed by atoms with Crippen molar-refractivity contribution >= 4 is 23.3 Å². The smallest absolute Gasteiger partial charge is 0.314 e. The van der Waals surface area contributed by atoms with Crippen LogP contribution in [-0.2, 0) is 9.59 Å². The van der Waals surface area contributed by atoms with Gasteiger partial charge in [-0.3, -0.25) is 9.59 Å². The molecule has 1 aliphatic rings. The third-order valence-electron chi connectivity index (χ3n) is 2.63. The molecule has 1 aliphatic heterocycles. The normalized spacial score (nSPS) is 22.1. The van der Waals surface area contributed by atoms with E-state index >= 15 is 0 Å². The van der Waals surface area contributed by atoms with Gasteiger partial charge in [0, 0.05) is 12.2 Å². The number of rotatable bonds is 2. The fourth-order valence-electron chi connectivity index (χ4n) is 1.78. The summed E-state index contributed by atoms with van der Waals surface area (Å²) in [6.07, 6.45) is 0. The Labute approximate surface area is 96.8 Å². The number of aliphatic carboxylic acids is 1. The highest BCUT2D eigenvalue weighted by Crippen LogP contribution is 2.23. The Hall–Kier alpha value is -2.37. The number of carboxylic acids is 1. The molecule has 1 amide bonds. The molecular formula is C11H10N2O4. The van der Waals surface area contributed by atoms with Crippen LogP contribution in [0.4, 0.5) is 5.69 Å². The lowest BCUT2D eigenvalue weighted by molar-refractivity contribution is -0.139. The average Bonchev–Trinajstić information content (AvgIpc) is 2.67. The van der Waals surface area contributed by atoms with E-state index < -0.39 is 17.8 Å². The summed E-state index contributed by atoms with van der Waals surface area (Å²) in [4.78, 5) is 24.0. The predicted octanol–water partition coefficient (Wildman–Crippen LogP) is 0.564. The van der Waals surface area contributed by atoms with Gasteiger partial charge in [0.1, 0.15) is 5.92 Å². The second-order valence-electron chi connectivity index (χ2n) is 3.63. The molecule has 1 atom stereocenters. The summed E-state index contributed by atoms with van der Waals surface area (Å²) in [5.41, 5.74) is 0.253. The zero-order chi connectivity index (χ0) is 12.4. The van der Waals surface area contributed by atoms with Crippen LogP contribution in [0.2, 0.25) is 0 Å². The minimum atomic E-state index is -1.18. The monoisotopic (exact) mass is 234 g/mol. The van der Waals surface area contributed by atoms with Crippen LogP contribution in [0.15, 0.2) is 35.5 Å². The number of benzene rings is 1. The molecule has 0 aromatic heterocycles. The highest BCUT2D eigenvalue weighted by Gasteiger charge is 2.42. The van der Waals surface area contributed by atoms with E-state index in [4.69, 9.17) is 10.3 Å². The van der Waals surface area contributed by atoms with Gasteiger partial charge in [-0.05, 0) is 12.1 Å². The van der Waals surface area contributed by atoms with Crippen LogP contribution in [-0.4, -0.2) is 34.4 Å². The van der Waals surface area contributed by atoms with E-state index in [2.05, 4.69) is 5.16 Å². The van der Waals surface area contributed by atoms with E-state index in [9.17, 15) is 9.59 Å². The molecule has 1 aromatic rings. The Balaban J connectivity index is 2.35. The quantitative estimate of drug-likeness (QED) is 0.578. The van der Waals surface area contributed by atoms with Gasteiger partial charge < -0.3 is 15.2 Å². The highest BCUT2D eigenvalue weighted by molar-refractivity contribution is 6.49. The zero-order valence-corrected chi connectivity index (χ0v) is 8.78. The van der Waals surface area contributed by atoms with Crippen molar-refractivity contribution in [2.45, 2.75) is 0 Å². The van der Waals surface area contributed by atoms with Crippen LogP contribution in [0.25, 0.3) is 0 Å². The standard InChI is InChI=1S/C11H10N2O4/c14-10-9(12-17)8(11(15)16)6-13(10)7-4-2-1-3-5-7/h1-5,8,17H,6H2,(H,15,16). The van der Waals surface area contributed by atoms with Crippen molar-refractivity contribution < 1.29 is 19.9 Å².